The lowest BCUT2D eigenvalue weighted by Gasteiger charge is -2.14. The number of amides is 1. The van der Waals surface area contributed by atoms with E-state index in [4.69, 9.17) is 4.74 Å². The third-order valence-corrected chi connectivity index (χ3v) is 3.80. The fourth-order valence-electron chi connectivity index (χ4n) is 2.50. The summed E-state index contributed by atoms with van der Waals surface area (Å²) in [6.07, 6.45) is 2.95. The van der Waals surface area contributed by atoms with Gasteiger partial charge in [-0.05, 0) is 32.3 Å². The number of carbonyl (C=O) groups is 2. The van der Waals surface area contributed by atoms with Gasteiger partial charge in [-0.2, -0.15) is 0 Å². The molecule has 1 atom stereocenters. The Morgan fingerprint density at radius 1 is 1.24 bits per heavy atom. The van der Waals surface area contributed by atoms with Crippen LogP contribution in [0.4, 0.5) is 5.69 Å². The fourth-order valence-corrected chi connectivity index (χ4v) is 2.50. The molecule has 0 aliphatic rings. The topological polar surface area (TPSA) is 98.5 Å². The summed E-state index contributed by atoms with van der Waals surface area (Å²) in [7, 11) is 0. The van der Waals surface area contributed by atoms with Crippen LogP contribution >= 0.6 is 0 Å². The number of ether oxygens (including phenoxy) is 1. The maximum Gasteiger partial charge on any atom is 0.345 e. The molecule has 1 aromatic carbocycles. The van der Waals surface area contributed by atoms with Crippen molar-refractivity contribution in [2.24, 2.45) is 5.92 Å². The van der Waals surface area contributed by atoms with Gasteiger partial charge in [0.05, 0.1) is 4.92 Å². The largest absolute Gasteiger partial charge is 0.452 e. The lowest BCUT2D eigenvalue weighted by atomic mass is 10.0. The number of esters is 1. The van der Waals surface area contributed by atoms with Crippen molar-refractivity contribution >= 4 is 17.6 Å². The molecule has 0 unspecified atom stereocenters. The third-order valence-electron chi connectivity index (χ3n) is 3.80. The summed E-state index contributed by atoms with van der Waals surface area (Å²) in [5, 5.41) is 13.9. The van der Waals surface area contributed by atoms with Crippen LogP contribution in [-0.4, -0.2) is 29.4 Å². The van der Waals surface area contributed by atoms with Crippen molar-refractivity contribution in [2.45, 2.75) is 53.0 Å². The van der Waals surface area contributed by atoms with E-state index in [-0.39, 0.29) is 17.3 Å². The zero-order valence-electron chi connectivity index (χ0n) is 15.2. The van der Waals surface area contributed by atoms with Crippen molar-refractivity contribution in [1.29, 1.82) is 0 Å². The number of para-hydroxylation sites is 1. The van der Waals surface area contributed by atoms with E-state index in [0.29, 0.717) is 11.5 Å². The normalized spacial score (nSPS) is 11.9. The Hall–Kier alpha value is -2.44. The minimum absolute atomic E-state index is 0.0155. The van der Waals surface area contributed by atoms with Crippen LogP contribution in [0.5, 0.6) is 0 Å². The van der Waals surface area contributed by atoms with Crippen molar-refractivity contribution in [2.75, 3.05) is 6.61 Å². The summed E-state index contributed by atoms with van der Waals surface area (Å²) >= 11 is 0. The van der Waals surface area contributed by atoms with Gasteiger partial charge in [0, 0.05) is 11.6 Å². The number of nitro benzene ring substituents is 1. The van der Waals surface area contributed by atoms with Crippen LogP contribution < -0.4 is 5.32 Å². The summed E-state index contributed by atoms with van der Waals surface area (Å²) in [6.45, 7) is 7.27. The van der Waals surface area contributed by atoms with Gasteiger partial charge in [0.2, 0.25) is 0 Å². The van der Waals surface area contributed by atoms with E-state index in [1.807, 2.05) is 6.92 Å². The highest BCUT2D eigenvalue weighted by Gasteiger charge is 2.24. The Labute approximate surface area is 147 Å². The average molecular weight is 350 g/mol. The monoisotopic (exact) mass is 350 g/mol. The number of carbonyl (C=O) groups excluding carboxylic acids is 2. The first-order valence-electron chi connectivity index (χ1n) is 8.42. The predicted molar refractivity (Wildman–Crippen MR) is 94.4 cm³/mol. The highest BCUT2D eigenvalue weighted by Crippen LogP contribution is 2.23. The second kappa shape index (κ2) is 9.76. The number of nitrogens with one attached hydrogen (secondary N) is 1. The molecular formula is C18H26N2O5. The van der Waals surface area contributed by atoms with Crippen LogP contribution in [0.25, 0.3) is 0 Å². The van der Waals surface area contributed by atoms with Crippen LogP contribution in [0.15, 0.2) is 18.2 Å². The first kappa shape index (κ1) is 20.6. The number of hydrogen-bond donors (Lipinski definition) is 1. The van der Waals surface area contributed by atoms with Crippen LogP contribution in [0.3, 0.4) is 0 Å². The Morgan fingerprint density at radius 2 is 1.92 bits per heavy atom. The van der Waals surface area contributed by atoms with Crippen molar-refractivity contribution in [3.8, 4) is 0 Å². The lowest BCUT2D eigenvalue weighted by molar-refractivity contribution is -0.385. The Morgan fingerprint density at radius 3 is 2.52 bits per heavy atom. The highest BCUT2D eigenvalue weighted by atomic mass is 16.6. The van der Waals surface area contributed by atoms with Crippen molar-refractivity contribution in [3.63, 3.8) is 0 Å². The molecule has 0 radical (unpaired) electrons. The summed E-state index contributed by atoms with van der Waals surface area (Å²) in [5.74, 6) is -0.673. The molecule has 1 aromatic rings. The molecule has 7 heteroatoms. The number of nitrogens with zero attached hydrogens (tertiary/aromatic N) is 1. The van der Waals surface area contributed by atoms with E-state index >= 15 is 0 Å². The zero-order chi connectivity index (χ0) is 19.0. The van der Waals surface area contributed by atoms with Gasteiger partial charge in [0.15, 0.2) is 6.61 Å². The quantitative estimate of drug-likeness (QED) is 0.418. The minimum Gasteiger partial charge on any atom is -0.452 e. The molecule has 138 valence electrons. The van der Waals surface area contributed by atoms with Gasteiger partial charge in [-0.15, -0.1) is 0 Å². The molecule has 0 heterocycles. The molecule has 0 saturated heterocycles. The van der Waals surface area contributed by atoms with E-state index in [1.54, 1.807) is 13.0 Å². The number of aryl methyl sites for hydroxylation is 1. The van der Waals surface area contributed by atoms with E-state index in [1.165, 1.54) is 12.1 Å². The summed E-state index contributed by atoms with van der Waals surface area (Å²) < 4.78 is 4.92. The molecule has 0 aliphatic heterocycles. The van der Waals surface area contributed by atoms with Gasteiger partial charge >= 0.3 is 5.97 Å². The third kappa shape index (κ3) is 6.91. The standard InChI is InChI=1S/C18H26N2O5/c1-12(2)7-5-9-14(4)19-16(21)11-25-18(22)15-10-6-8-13(3)17(15)20(23)24/h6,8,10,12,14H,5,7,9,11H2,1-4H3,(H,19,21)/t14-/m0/s1. The van der Waals surface area contributed by atoms with Gasteiger partial charge in [-0.25, -0.2) is 4.79 Å². The highest BCUT2D eigenvalue weighted by molar-refractivity contribution is 5.95. The van der Waals surface area contributed by atoms with E-state index in [0.717, 1.165) is 19.3 Å². The van der Waals surface area contributed by atoms with Crippen molar-refractivity contribution < 1.29 is 19.2 Å². The molecule has 0 fully saturated rings. The van der Waals surface area contributed by atoms with Crippen LogP contribution in [0.2, 0.25) is 0 Å². The molecule has 0 aliphatic carbocycles. The number of hydrogen-bond acceptors (Lipinski definition) is 5. The van der Waals surface area contributed by atoms with Gasteiger partial charge in [0.1, 0.15) is 5.56 Å². The number of benzene rings is 1. The minimum atomic E-state index is -0.877. The molecular weight excluding hydrogens is 324 g/mol. The zero-order valence-corrected chi connectivity index (χ0v) is 15.2. The number of nitro groups is 1. The first-order chi connectivity index (χ1) is 11.7. The Balaban J connectivity index is 2.53. The Kier molecular flexibility index (Phi) is 8.04. The molecule has 25 heavy (non-hydrogen) atoms. The van der Waals surface area contributed by atoms with E-state index < -0.39 is 23.4 Å². The average Bonchev–Trinajstić information content (AvgIpc) is 2.51. The van der Waals surface area contributed by atoms with E-state index in [2.05, 4.69) is 19.2 Å². The van der Waals surface area contributed by atoms with Crippen LogP contribution in [0.1, 0.15) is 56.0 Å². The lowest BCUT2D eigenvalue weighted by Crippen LogP contribution is -2.35. The van der Waals surface area contributed by atoms with Crippen molar-refractivity contribution in [3.05, 3.63) is 39.4 Å². The Bertz CT molecular complexity index is 628. The van der Waals surface area contributed by atoms with Crippen LogP contribution in [0, 0.1) is 23.0 Å². The predicted octanol–water partition coefficient (Wildman–Crippen LogP) is 3.39. The summed E-state index contributed by atoms with van der Waals surface area (Å²) in [5.41, 5.74) is -0.0829. The second-order valence-corrected chi connectivity index (χ2v) is 6.60. The van der Waals surface area contributed by atoms with Crippen molar-refractivity contribution in [1.82, 2.24) is 5.32 Å². The van der Waals surface area contributed by atoms with Gasteiger partial charge in [-0.3, -0.25) is 14.9 Å². The fraction of sp³-hybridized carbons (Fsp3) is 0.556. The maximum absolute atomic E-state index is 12.1. The summed E-state index contributed by atoms with van der Waals surface area (Å²) in [6, 6.07) is 4.38. The molecule has 1 amide bonds. The molecule has 0 aromatic heterocycles. The molecule has 0 spiro atoms. The molecule has 7 nitrogen and oxygen atoms in total. The molecule has 1 N–H and O–H groups in total. The molecule has 0 bridgehead atoms. The summed E-state index contributed by atoms with van der Waals surface area (Å²) in [4.78, 5) is 34.4. The smallest absolute Gasteiger partial charge is 0.345 e. The van der Waals surface area contributed by atoms with Gasteiger partial charge in [-0.1, -0.05) is 38.8 Å². The molecule has 0 saturated carbocycles. The SMILES string of the molecule is Cc1cccc(C(=O)OCC(=O)N[C@@H](C)CCCC(C)C)c1[N+](=O)[O-]. The van der Waals surface area contributed by atoms with Crippen LogP contribution in [-0.2, 0) is 9.53 Å². The first-order valence-corrected chi connectivity index (χ1v) is 8.42. The van der Waals surface area contributed by atoms with Gasteiger partial charge in [0.25, 0.3) is 11.6 Å². The van der Waals surface area contributed by atoms with Gasteiger partial charge < -0.3 is 10.1 Å². The maximum atomic E-state index is 12.1. The molecule has 1 rings (SSSR count). The second-order valence-electron chi connectivity index (χ2n) is 6.60. The van der Waals surface area contributed by atoms with E-state index in [9.17, 15) is 19.7 Å². The number of rotatable bonds is 9.